The van der Waals surface area contributed by atoms with Gasteiger partial charge in [-0.2, -0.15) is 0 Å². The average Bonchev–Trinajstić information content (AvgIpc) is 2.05. The number of hydrogen-bond acceptors (Lipinski definition) is 1. The van der Waals surface area contributed by atoms with Gasteiger partial charge < -0.3 is 0 Å². The van der Waals surface area contributed by atoms with Gasteiger partial charge in [-0.25, -0.2) is 0 Å². The van der Waals surface area contributed by atoms with Gasteiger partial charge in [0.2, 0.25) is 0 Å². The van der Waals surface area contributed by atoms with Crippen LogP contribution in [0.25, 0.3) is 0 Å². The van der Waals surface area contributed by atoms with E-state index < -0.39 is 0 Å². The standard InChI is InChI=1S/C11H22S/c1-4-5-6-7-8-9-11(2)10-12-3/h10H,4-9H2,1-3H3/b11-10-. The van der Waals surface area contributed by atoms with Gasteiger partial charge in [0.05, 0.1) is 0 Å². The second-order valence-electron chi connectivity index (χ2n) is 3.36. The summed E-state index contributed by atoms with van der Waals surface area (Å²) in [6, 6.07) is 0. The molecule has 0 aliphatic carbocycles. The number of allylic oxidation sites excluding steroid dienone is 1. The molecule has 0 N–H and O–H groups in total. The predicted molar refractivity (Wildman–Crippen MR) is 60.6 cm³/mol. The Hall–Kier alpha value is 0.0900. The van der Waals surface area contributed by atoms with Crippen molar-refractivity contribution < 1.29 is 0 Å². The van der Waals surface area contributed by atoms with E-state index in [-0.39, 0.29) is 0 Å². The van der Waals surface area contributed by atoms with Crippen molar-refractivity contribution in [3.05, 3.63) is 11.0 Å². The van der Waals surface area contributed by atoms with Crippen LogP contribution in [-0.2, 0) is 0 Å². The fourth-order valence-electron chi connectivity index (χ4n) is 1.27. The molecular formula is C11H22S. The summed E-state index contributed by atoms with van der Waals surface area (Å²) in [7, 11) is 0. The lowest BCUT2D eigenvalue weighted by Crippen LogP contribution is -1.79. The smallest absolute Gasteiger partial charge is 0.0142 e. The molecule has 0 heterocycles. The molecule has 0 fully saturated rings. The molecule has 0 saturated carbocycles. The molecule has 0 rings (SSSR count). The van der Waals surface area contributed by atoms with Gasteiger partial charge in [-0.15, -0.1) is 11.8 Å². The molecular weight excluding hydrogens is 164 g/mol. The van der Waals surface area contributed by atoms with Gasteiger partial charge in [-0.3, -0.25) is 0 Å². The Bertz CT molecular complexity index is 116. The van der Waals surface area contributed by atoms with E-state index >= 15 is 0 Å². The Morgan fingerprint density at radius 3 is 2.42 bits per heavy atom. The monoisotopic (exact) mass is 186 g/mol. The van der Waals surface area contributed by atoms with E-state index in [0.717, 1.165) is 0 Å². The first kappa shape index (κ1) is 12.1. The van der Waals surface area contributed by atoms with Gasteiger partial charge in [0.25, 0.3) is 0 Å². The van der Waals surface area contributed by atoms with Crippen LogP contribution in [0.2, 0.25) is 0 Å². The molecule has 0 nitrogen and oxygen atoms in total. The van der Waals surface area contributed by atoms with Crippen molar-refractivity contribution in [3.8, 4) is 0 Å². The third-order valence-corrected chi connectivity index (χ3v) is 2.63. The van der Waals surface area contributed by atoms with E-state index in [0.29, 0.717) is 0 Å². The van der Waals surface area contributed by atoms with Crippen LogP contribution in [0.5, 0.6) is 0 Å². The van der Waals surface area contributed by atoms with E-state index in [9.17, 15) is 0 Å². The first-order chi connectivity index (χ1) is 5.81. The number of rotatable bonds is 7. The fraction of sp³-hybridized carbons (Fsp3) is 0.818. The topological polar surface area (TPSA) is 0 Å². The Balaban J connectivity index is 3.14. The van der Waals surface area contributed by atoms with Crippen molar-refractivity contribution in [1.29, 1.82) is 0 Å². The molecule has 0 aromatic rings. The van der Waals surface area contributed by atoms with Crippen molar-refractivity contribution in [2.24, 2.45) is 0 Å². The molecule has 0 aliphatic rings. The van der Waals surface area contributed by atoms with E-state index in [2.05, 4.69) is 25.5 Å². The fourth-order valence-corrected chi connectivity index (χ4v) is 1.79. The lowest BCUT2D eigenvalue weighted by atomic mass is 10.1. The maximum atomic E-state index is 2.26. The summed E-state index contributed by atoms with van der Waals surface area (Å²) in [6.07, 6.45) is 10.4. The Kier molecular flexibility index (Phi) is 9.25. The van der Waals surface area contributed by atoms with Crippen LogP contribution in [0.1, 0.15) is 52.4 Å². The van der Waals surface area contributed by atoms with Crippen LogP contribution in [0.3, 0.4) is 0 Å². The largest absolute Gasteiger partial charge is 0.138 e. The minimum Gasteiger partial charge on any atom is -0.138 e. The molecule has 0 amide bonds. The van der Waals surface area contributed by atoms with Crippen LogP contribution in [-0.4, -0.2) is 6.26 Å². The molecule has 12 heavy (non-hydrogen) atoms. The number of thioether (sulfide) groups is 1. The van der Waals surface area contributed by atoms with Gasteiger partial charge in [0.15, 0.2) is 0 Å². The van der Waals surface area contributed by atoms with Gasteiger partial charge in [-0.1, -0.05) is 38.2 Å². The normalized spacial score (nSPS) is 12.1. The summed E-state index contributed by atoms with van der Waals surface area (Å²) in [5.74, 6) is 0. The summed E-state index contributed by atoms with van der Waals surface area (Å²) in [6.45, 7) is 4.50. The quantitative estimate of drug-likeness (QED) is 0.523. The lowest BCUT2D eigenvalue weighted by molar-refractivity contribution is 0.631. The van der Waals surface area contributed by atoms with Crippen molar-refractivity contribution in [2.45, 2.75) is 52.4 Å². The Morgan fingerprint density at radius 1 is 1.17 bits per heavy atom. The highest BCUT2D eigenvalue weighted by atomic mass is 32.2. The molecule has 0 bridgehead atoms. The lowest BCUT2D eigenvalue weighted by Gasteiger charge is -2.00. The van der Waals surface area contributed by atoms with Crippen LogP contribution in [0, 0.1) is 0 Å². The summed E-state index contributed by atoms with van der Waals surface area (Å²) < 4.78 is 0. The second kappa shape index (κ2) is 9.18. The van der Waals surface area contributed by atoms with Crippen molar-refractivity contribution in [1.82, 2.24) is 0 Å². The summed E-state index contributed by atoms with van der Waals surface area (Å²) >= 11 is 1.82. The molecule has 0 aromatic carbocycles. The zero-order valence-corrected chi connectivity index (χ0v) is 9.54. The molecule has 0 saturated heterocycles. The molecule has 1 heteroatoms. The van der Waals surface area contributed by atoms with E-state index in [1.54, 1.807) is 5.57 Å². The average molecular weight is 186 g/mol. The highest BCUT2D eigenvalue weighted by molar-refractivity contribution is 8.01. The van der Waals surface area contributed by atoms with E-state index in [4.69, 9.17) is 0 Å². The van der Waals surface area contributed by atoms with Gasteiger partial charge in [0.1, 0.15) is 0 Å². The highest BCUT2D eigenvalue weighted by Crippen LogP contribution is 2.12. The Labute approximate surface area is 81.8 Å². The zero-order valence-electron chi connectivity index (χ0n) is 8.73. The second-order valence-corrected chi connectivity index (χ2v) is 4.07. The third-order valence-electron chi connectivity index (χ3n) is 1.99. The van der Waals surface area contributed by atoms with Crippen LogP contribution in [0.4, 0.5) is 0 Å². The van der Waals surface area contributed by atoms with E-state index in [1.165, 1.54) is 38.5 Å². The van der Waals surface area contributed by atoms with Gasteiger partial charge in [-0.05, 0) is 31.4 Å². The molecule has 0 radical (unpaired) electrons. The van der Waals surface area contributed by atoms with Crippen LogP contribution < -0.4 is 0 Å². The molecule has 0 unspecified atom stereocenters. The SMILES string of the molecule is CCCCCCC/C(C)=C\SC. The minimum absolute atomic E-state index is 1.30. The van der Waals surface area contributed by atoms with E-state index in [1.807, 2.05) is 11.8 Å². The molecule has 0 aliphatic heterocycles. The summed E-state index contributed by atoms with van der Waals surface area (Å²) in [5, 5.41) is 2.26. The number of hydrogen-bond donors (Lipinski definition) is 0. The molecule has 0 spiro atoms. The van der Waals surface area contributed by atoms with Gasteiger partial charge >= 0.3 is 0 Å². The Morgan fingerprint density at radius 2 is 1.83 bits per heavy atom. The first-order valence-electron chi connectivity index (χ1n) is 4.99. The van der Waals surface area contributed by atoms with Gasteiger partial charge in [0, 0.05) is 0 Å². The molecule has 72 valence electrons. The maximum Gasteiger partial charge on any atom is -0.0142 e. The van der Waals surface area contributed by atoms with Crippen molar-refractivity contribution >= 4 is 11.8 Å². The summed E-state index contributed by atoms with van der Waals surface area (Å²) in [5.41, 5.74) is 1.54. The molecule has 0 aromatic heterocycles. The first-order valence-corrected chi connectivity index (χ1v) is 6.28. The van der Waals surface area contributed by atoms with Crippen molar-refractivity contribution in [2.75, 3.05) is 6.26 Å². The highest BCUT2D eigenvalue weighted by Gasteiger charge is 1.90. The molecule has 0 atom stereocenters. The maximum absolute atomic E-state index is 2.26. The van der Waals surface area contributed by atoms with Crippen LogP contribution >= 0.6 is 11.8 Å². The third kappa shape index (κ3) is 8.19. The van der Waals surface area contributed by atoms with Crippen LogP contribution in [0.15, 0.2) is 11.0 Å². The summed E-state index contributed by atoms with van der Waals surface area (Å²) in [4.78, 5) is 0. The zero-order chi connectivity index (χ0) is 9.23. The predicted octanol–water partition coefficient (Wildman–Crippen LogP) is 4.61. The number of unbranched alkanes of at least 4 members (excludes halogenated alkanes) is 4. The minimum atomic E-state index is 1.30. The van der Waals surface area contributed by atoms with Crippen molar-refractivity contribution in [3.63, 3.8) is 0 Å².